The summed E-state index contributed by atoms with van der Waals surface area (Å²) in [5.74, 6) is 0.534. The molecule has 1 aromatic carbocycles. The molecule has 21 heavy (non-hydrogen) atoms. The number of aromatic nitrogens is 3. The van der Waals surface area contributed by atoms with Gasteiger partial charge < -0.3 is 15.0 Å². The summed E-state index contributed by atoms with van der Waals surface area (Å²) in [5, 5.41) is 1.09. The summed E-state index contributed by atoms with van der Waals surface area (Å²) in [6.45, 7) is 0.750. The van der Waals surface area contributed by atoms with Crippen molar-refractivity contribution in [2.75, 3.05) is 12.8 Å². The largest absolute Gasteiger partial charge is 0.376 e. The summed E-state index contributed by atoms with van der Waals surface area (Å²) in [6.07, 6.45) is 5.16. The number of nitrogens with two attached hydrogens (primary N) is 1. The lowest BCUT2D eigenvalue weighted by Crippen LogP contribution is -2.43. The highest BCUT2D eigenvalue weighted by atomic mass is 16.5. The Labute approximate surface area is 122 Å². The zero-order chi connectivity index (χ0) is 14.4. The van der Waals surface area contributed by atoms with Gasteiger partial charge in [-0.05, 0) is 25.3 Å². The maximum Gasteiger partial charge on any atom is 0.201 e. The van der Waals surface area contributed by atoms with Gasteiger partial charge in [0.25, 0.3) is 0 Å². The van der Waals surface area contributed by atoms with E-state index in [-0.39, 0.29) is 5.60 Å². The second-order valence-electron chi connectivity index (χ2n) is 5.81. The molecule has 1 fully saturated rings. The summed E-state index contributed by atoms with van der Waals surface area (Å²) < 4.78 is 7.83. The van der Waals surface area contributed by atoms with Gasteiger partial charge in [-0.3, -0.25) is 4.98 Å². The molecule has 0 unspecified atom stereocenters. The fraction of sp³-hybridized carbons (Fsp3) is 0.375. The topological polar surface area (TPSA) is 66.0 Å². The fourth-order valence-electron chi connectivity index (χ4n) is 3.23. The minimum Gasteiger partial charge on any atom is -0.376 e. The molecule has 2 heterocycles. The normalized spacial score (nSPS) is 17.2. The van der Waals surface area contributed by atoms with E-state index in [0.29, 0.717) is 5.95 Å². The molecule has 0 saturated heterocycles. The van der Waals surface area contributed by atoms with Gasteiger partial charge >= 0.3 is 0 Å². The van der Waals surface area contributed by atoms with Crippen LogP contribution in [0.1, 0.15) is 19.3 Å². The molecule has 4 rings (SSSR count). The van der Waals surface area contributed by atoms with Crippen LogP contribution < -0.4 is 5.73 Å². The van der Waals surface area contributed by atoms with Crippen LogP contribution in [0, 0.1) is 0 Å². The molecule has 2 N–H and O–H groups in total. The Bertz CT molecular complexity index is 814. The third kappa shape index (κ3) is 1.81. The highest BCUT2D eigenvalue weighted by Crippen LogP contribution is 2.38. The SMILES string of the molecule is COC1(Cn2c(N)nc3cnc4ccccc4c32)CCC1. The summed E-state index contributed by atoms with van der Waals surface area (Å²) in [5.41, 5.74) is 8.93. The number of hydrogen-bond donors (Lipinski definition) is 1. The smallest absolute Gasteiger partial charge is 0.201 e. The fourth-order valence-corrected chi connectivity index (χ4v) is 3.23. The Kier molecular flexibility index (Phi) is 2.65. The molecule has 0 atom stereocenters. The summed E-state index contributed by atoms with van der Waals surface area (Å²) >= 11 is 0. The van der Waals surface area contributed by atoms with Crippen molar-refractivity contribution < 1.29 is 4.74 Å². The van der Waals surface area contributed by atoms with Crippen molar-refractivity contribution in [3.8, 4) is 0 Å². The van der Waals surface area contributed by atoms with Crippen LogP contribution in [0.4, 0.5) is 5.95 Å². The van der Waals surface area contributed by atoms with Crippen molar-refractivity contribution in [3.05, 3.63) is 30.5 Å². The number of fused-ring (bicyclic) bond motifs is 3. The second-order valence-corrected chi connectivity index (χ2v) is 5.81. The first-order chi connectivity index (χ1) is 10.2. The van der Waals surface area contributed by atoms with Crippen LogP contribution in [0.15, 0.2) is 30.5 Å². The number of nitrogens with zero attached hydrogens (tertiary/aromatic N) is 3. The maximum atomic E-state index is 6.15. The third-order valence-corrected chi connectivity index (χ3v) is 4.65. The van der Waals surface area contributed by atoms with Gasteiger partial charge in [0, 0.05) is 12.5 Å². The molecular formula is C16H18N4O. The second kappa shape index (κ2) is 4.43. The van der Waals surface area contributed by atoms with E-state index >= 15 is 0 Å². The molecule has 1 saturated carbocycles. The lowest BCUT2D eigenvalue weighted by molar-refractivity contribution is -0.0824. The lowest BCUT2D eigenvalue weighted by atomic mass is 9.80. The van der Waals surface area contributed by atoms with Crippen LogP contribution in [0.2, 0.25) is 0 Å². The minimum atomic E-state index is -0.0911. The van der Waals surface area contributed by atoms with Gasteiger partial charge in [0.05, 0.1) is 29.4 Å². The Morgan fingerprint density at radius 3 is 2.81 bits per heavy atom. The number of benzene rings is 1. The van der Waals surface area contributed by atoms with Crippen LogP contribution in [-0.4, -0.2) is 27.2 Å². The average molecular weight is 282 g/mol. The Morgan fingerprint density at radius 1 is 1.29 bits per heavy atom. The molecular weight excluding hydrogens is 264 g/mol. The van der Waals surface area contributed by atoms with E-state index in [1.807, 2.05) is 18.2 Å². The number of anilines is 1. The van der Waals surface area contributed by atoms with Crippen molar-refractivity contribution in [2.24, 2.45) is 0 Å². The number of hydrogen-bond acceptors (Lipinski definition) is 4. The predicted octanol–water partition coefficient (Wildman–Crippen LogP) is 2.74. The molecule has 0 aliphatic heterocycles. The Balaban J connectivity index is 1.95. The number of rotatable bonds is 3. The zero-order valence-electron chi connectivity index (χ0n) is 12.0. The van der Waals surface area contributed by atoms with E-state index in [4.69, 9.17) is 10.5 Å². The highest BCUT2D eigenvalue weighted by molar-refractivity contribution is 6.02. The van der Waals surface area contributed by atoms with E-state index in [9.17, 15) is 0 Å². The van der Waals surface area contributed by atoms with E-state index in [2.05, 4.69) is 20.6 Å². The van der Waals surface area contributed by atoms with Crippen molar-refractivity contribution in [1.29, 1.82) is 0 Å². The van der Waals surface area contributed by atoms with Gasteiger partial charge in [0.15, 0.2) is 0 Å². The minimum absolute atomic E-state index is 0.0911. The van der Waals surface area contributed by atoms with E-state index in [0.717, 1.165) is 41.3 Å². The average Bonchev–Trinajstić information content (AvgIpc) is 2.79. The predicted molar refractivity (Wildman–Crippen MR) is 83.0 cm³/mol. The molecule has 3 aromatic rings. The molecule has 0 bridgehead atoms. The first-order valence-corrected chi connectivity index (χ1v) is 7.27. The molecule has 5 nitrogen and oxygen atoms in total. The molecule has 1 aliphatic carbocycles. The Morgan fingerprint density at radius 2 is 2.10 bits per heavy atom. The van der Waals surface area contributed by atoms with Crippen LogP contribution in [-0.2, 0) is 11.3 Å². The molecule has 1 aliphatic rings. The first kappa shape index (κ1) is 12.6. The molecule has 108 valence electrons. The van der Waals surface area contributed by atoms with Gasteiger partial charge in [-0.2, -0.15) is 0 Å². The number of ether oxygens (including phenoxy) is 1. The molecule has 5 heteroatoms. The zero-order valence-corrected chi connectivity index (χ0v) is 12.0. The summed E-state index contributed by atoms with van der Waals surface area (Å²) in [6, 6.07) is 8.10. The van der Waals surface area contributed by atoms with Crippen molar-refractivity contribution >= 4 is 27.9 Å². The van der Waals surface area contributed by atoms with Crippen molar-refractivity contribution in [2.45, 2.75) is 31.4 Å². The van der Waals surface area contributed by atoms with Crippen molar-refractivity contribution in [1.82, 2.24) is 14.5 Å². The monoisotopic (exact) mass is 282 g/mol. The number of pyridine rings is 1. The lowest BCUT2D eigenvalue weighted by Gasteiger charge is -2.41. The number of para-hydroxylation sites is 1. The highest BCUT2D eigenvalue weighted by Gasteiger charge is 2.38. The van der Waals surface area contributed by atoms with Crippen LogP contribution in [0.5, 0.6) is 0 Å². The van der Waals surface area contributed by atoms with Crippen LogP contribution >= 0.6 is 0 Å². The first-order valence-electron chi connectivity index (χ1n) is 7.27. The van der Waals surface area contributed by atoms with E-state index in [1.54, 1.807) is 13.3 Å². The molecule has 0 amide bonds. The molecule has 0 radical (unpaired) electrons. The molecule has 0 spiro atoms. The number of methoxy groups -OCH3 is 1. The summed E-state index contributed by atoms with van der Waals surface area (Å²) in [4.78, 5) is 8.91. The van der Waals surface area contributed by atoms with Gasteiger partial charge in [-0.25, -0.2) is 4.98 Å². The summed E-state index contributed by atoms with van der Waals surface area (Å²) in [7, 11) is 1.79. The molecule has 2 aromatic heterocycles. The number of imidazole rings is 1. The van der Waals surface area contributed by atoms with Crippen LogP contribution in [0.25, 0.3) is 21.9 Å². The third-order valence-electron chi connectivity index (χ3n) is 4.65. The van der Waals surface area contributed by atoms with Gasteiger partial charge in [0.1, 0.15) is 5.52 Å². The standard InChI is InChI=1S/C16H18N4O/c1-21-16(7-4-8-16)10-20-14-11-5-2-3-6-12(11)18-9-13(14)19-15(20)17/h2-3,5-6,9H,4,7-8,10H2,1H3,(H2,17,19). The van der Waals surface area contributed by atoms with Gasteiger partial charge in [0.2, 0.25) is 5.95 Å². The Hall–Kier alpha value is -2.14. The maximum absolute atomic E-state index is 6.15. The quantitative estimate of drug-likeness (QED) is 0.802. The van der Waals surface area contributed by atoms with Crippen molar-refractivity contribution in [3.63, 3.8) is 0 Å². The van der Waals surface area contributed by atoms with Crippen LogP contribution in [0.3, 0.4) is 0 Å². The van der Waals surface area contributed by atoms with E-state index in [1.165, 1.54) is 6.42 Å². The van der Waals surface area contributed by atoms with Gasteiger partial charge in [-0.15, -0.1) is 0 Å². The van der Waals surface area contributed by atoms with Gasteiger partial charge in [-0.1, -0.05) is 18.2 Å². The number of nitrogen functional groups attached to an aromatic ring is 1. The van der Waals surface area contributed by atoms with E-state index < -0.39 is 0 Å².